The molecular weight excluding hydrogens is 608 g/mol. The summed E-state index contributed by atoms with van der Waals surface area (Å²) in [4.78, 5) is 4.89. The van der Waals surface area contributed by atoms with Crippen LogP contribution in [0.15, 0.2) is 145 Å². The van der Waals surface area contributed by atoms with Crippen molar-refractivity contribution in [3.8, 4) is 11.8 Å². The van der Waals surface area contributed by atoms with Gasteiger partial charge in [-0.1, -0.05) is 121 Å². The molecule has 0 saturated heterocycles. The summed E-state index contributed by atoms with van der Waals surface area (Å²) in [7, 11) is 4.76. The third kappa shape index (κ3) is 6.50. The lowest BCUT2D eigenvalue weighted by Gasteiger charge is -2.34. The van der Waals surface area contributed by atoms with E-state index >= 15 is 0 Å². The number of hydrogen-bond donors (Lipinski definition) is 0. The molecule has 1 unspecified atom stereocenters. The molecule has 0 aliphatic heterocycles. The Morgan fingerprint density at radius 3 is 1.48 bits per heavy atom. The molecule has 1 aliphatic rings. The largest absolute Gasteiger partial charge is 0.501 e. The van der Waals surface area contributed by atoms with Crippen LogP contribution in [0.25, 0.3) is 5.57 Å². The van der Waals surface area contributed by atoms with Crippen LogP contribution in [0.1, 0.15) is 12.0 Å². The Bertz CT molecular complexity index is 1730. The molecule has 0 fully saturated rings. The first kappa shape index (κ1) is 31.7. The van der Waals surface area contributed by atoms with Crippen LogP contribution in [0, 0.1) is 0 Å². The van der Waals surface area contributed by atoms with E-state index in [1.807, 2.05) is 0 Å². The molecule has 0 N–H and O–H groups in total. The van der Waals surface area contributed by atoms with Gasteiger partial charge in [0.05, 0.1) is 38.8 Å². The lowest BCUT2D eigenvalue weighted by molar-refractivity contribution is 0.128. The minimum atomic E-state index is -1.06. The third-order valence-electron chi connectivity index (χ3n) is 7.98. The molecule has 6 rings (SSSR count). The number of allylic oxidation sites excluding steroid dienone is 2. The average Bonchev–Trinajstić information content (AvgIpc) is 3.13. The maximum Gasteiger partial charge on any atom is 0.224 e. The van der Waals surface area contributed by atoms with Gasteiger partial charge < -0.3 is 18.9 Å². The predicted octanol–water partition coefficient (Wildman–Crippen LogP) is 6.65. The predicted molar refractivity (Wildman–Crippen MR) is 193 cm³/mol. The Balaban J connectivity index is 1.75. The number of benzene rings is 4. The Morgan fingerprint density at radius 2 is 1.07 bits per heavy atom. The molecule has 46 heavy (non-hydrogen) atoms. The summed E-state index contributed by atoms with van der Waals surface area (Å²) in [5, 5.41) is 7.13. The SMILES string of the molecule is COC1=CC(P(c2ccccc2)c2ccccc2)=C(c2c(P(c3ccccc3)c3ccccc3)cc(OC)nc2OC)C(OC)C1. The van der Waals surface area contributed by atoms with Gasteiger partial charge in [0.25, 0.3) is 0 Å². The summed E-state index contributed by atoms with van der Waals surface area (Å²) in [6.45, 7) is 0. The molecule has 1 atom stereocenters. The van der Waals surface area contributed by atoms with Crippen LogP contribution in [-0.4, -0.2) is 39.5 Å². The quantitative estimate of drug-likeness (QED) is 0.151. The summed E-state index contributed by atoms with van der Waals surface area (Å²) in [5.74, 6) is 1.89. The highest BCUT2D eigenvalue weighted by Gasteiger charge is 2.36. The normalized spacial score (nSPS) is 14.7. The van der Waals surface area contributed by atoms with Crippen LogP contribution in [0.4, 0.5) is 0 Å². The van der Waals surface area contributed by atoms with Crippen LogP contribution in [0.2, 0.25) is 0 Å². The fourth-order valence-electron chi connectivity index (χ4n) is 5.89. The second-order valence-electron chi connectivity index (χ2n) is 10.6. The zero-order chi connectivity index (χ0) is 31.9. The molecular formula is C39H37NO4P2. The molecule has 1 aromatic heterocycles. The first-order valence-electron chi connectivity index (χ1n) is 15.1. The number of aromatic nitrogens is 1. The zero-order valence-electron chi connectivity index (χ0n) is 26.5. The minimum absolute atomic E-state index is 0.307. The Morgan fingerprint density at radius 1 is 0.587 bits per heavy atom. The van der Waals surface area contributed by atoms with Gasteiger partial charge in [0.15, 0.2) is 0 Å². The van der Waals surface area contributed by atoms with Gasteiger partial charge in [-0.2, -0.15) is 4.98 Å². The molecule has 0 saturated carbocycles. The van der Waals surface area contributed by atoms with Gasteiger partial charge in [-0.3, -0.25) is 0 Å². The van der Waals surface area contributed by atoms with Gasteiger partial charge in [0.1, 0.15) is 0 Å². The van der Waals surface area contributed by atoms with E-state index in [0.717, 1.165) is 27.5 Å². The van der Waals surface area contributed by atoms with Crippen molar-refractivity contribution in [1.29, 1.82) is 0 Å². The summed E-state index contributed by atoms with van der Waals surface area (Å²) >= 11 is 0. The second kappa shape index (κ2) is 14.9. The van der Waals surface area contributed by atoms with Gasteiger partial charge in [-0.05, 0) is 48.5 Å². The van der Waals surface area contributed by atoms with E-state index in [-0.39, 0.29) is 6.10 Å². The molecule has 4 aromatic carbocycles. The highest BCUT2D eigenvalue weighted by atomic mass is 31.1. The van der Waals surface area contributed by atoms with Crippen molar-refractivity contribution in [2.75, 3.05) is 28.4 Å². The van der Waals surface area contributed by atoms with Crippen LogP contribution in [0.3, 0.4) is 0 Å². The number of pyridine rings is 1. The van der Waals surface area contributed by atoms with Crippen LogP contribution in [-0.2, 0) is 9.47 Å². The Labute approximate surface area is 274 Å². The van der Waals surface area contributed by atoms with E-state index in [9.17, 15) is 0 Å². The molecule has 232 valence electrons. The highest BCUT2D eigenvalue weighted by Crippen LogP contribution is 2.53. The Kier molecular flexibility index (Phi) is 10.3. The van der Waals surface area contributed by atoms with E-state index in [1.165, 1.54) is 21.2 Å². The molecule has 1 aliphatic carbocycles. The number of nitrogens with zero attached hydrogens (tertiary/aromatic N) is 1. The summed E-state index contributed by atoms with van der Waals surface area (Å²) < 4.78 is 24.3. The van der Waals surface area contributed by atoms with Crippen LogP contribution >= 0.6 is 15.8 Å². The summed E-state index contributed by atoms with van der Waals surface area (Å²) in [5.41, 5.74) is 2.00. The highest BCUT2D eigenvalue weighted by molar-refractivity contribution is 7.80. The van der Waals surface area contributed by atoms with Gasteiger partial charge in [0, 0.05) is 30.5 Å². The van der Waals surface area contributed by atoms with E-state index < -0.39 is 15.8 Å². The molecule has 0 radical (unpaired) electrons. The average molecular weight is 646 g/mol. The van der Waals surface area contributed by atoms with Gasteiger partial charge >= 0.3 is 0 Å². The number of rotatable bonds is 11. The fraction of sp³-hybridized carbons (Fsp3) is 0.154. The van der Waals surface area contributed by atoms with Crippen molar-refractivity contribution in [1.82, 2.24) is 4.98 Å². The summed E-state index contributed by atoms with van der Waals surface area (Å²) in [6.07, 6.45) is 2.50. The maximum absolute atomic E-state index is 6.37. The molecule has 5 nitrogen and oxygen atoms in total. The van der Waals surface area contributed by atoms with Crippen molar-refractivity contribution in [2.24, 2.45) is 0 Å². The maximum atomic E-state index is 6.37. The molecule has 7 heteroatoms. The van der Waals surface area contributed by atoms with Gasteiger partial charge in [-0.25, -0.2) is 0 Å². The van der Waals surface area contributed by atoms with Gasteiger partial charge in [0.2, 0.25) is 11.8 Å². The second-order valence-corrected chi connectivity index (χ2v) is 15.0. The lowest BCUT2D eigenvalue weighted by Crippen LogP contribution is -2.29. The monoisotopic (exact) mass is 645 g/mol. The lowest BCUT2D eigenvalue weighted by atomic mass is 9.93. The molecule has 0 spiro atoms. The minimum Gasteiger partial charge on any atom is -0.501 e. The first-order valence-corrected chi connectivity index (χ1v) is 17.8. The van der Waals surface area contributed by atoms with Crippen LogP contribution < -0.4 is 36.0 Å². The zero-order valence-corrected chi connectivity index (χ0v) is 28.2. The topological polar surface area (TPSA) is 49.8 Å². The molecule has 0 bridgehead atoms. The number of ether oxygens (including phenoxy) is 4. The standard InChI is InChI=1S/C39H37NO4P2/c1-41-28-25-33(42-2)37(34(26-28)45(29-17-9-5-10-18-29)30-19-11-6-12-20-30)38-35(27-36(43-3)40-39(38)44-4)46(31-21-13-7-14-22-31)32-23-15-8-16-24-32/h5-24,26-27,33H,25H2,1-4H3. The van der Waals surface area contributed by atoms with Crippen molar-refractivity contribution in [3.63, 3.8) is 0 Å². The van der Waals surface area contributed by atoms with Crippen molar-refractivity contribution in [3.05, 3.63) is 150 Å². The number of methoxy groups -OCH3 is 4. The van der Waals surface area contributed by atoms with E-state index in [1.54, 1.807) is 28.4 Å². The Hall–Kier alpha value is -4.27. The molecule has 0 amide bonds. The summed E-state index contributed by atoms with van der Waals surface area (Å²) in [6, 6.07) is 44.8. The van der Waals surface area contributed by atoms with Gasteiger partial charge in [-0.15, -0.1) is 0 Å². The van der Waals surface area contributed by atoms with Crippen molar-refractivity contribution in [2.45, 2.75) is 12.5 Å². The molecule has 1 heterocycles. The van der Waals surface area contributed by atoms with E-state index in [4.69, 9.17) is 23.9 Å². The first-order chi connectivity index (χ1) is 22.7. The smallest absolute Gasteiger partial charge is 0.224 e. The van der Waals surface area contributed by atoms with Crippen LogP contribution in [0.5, 0.6) is 11.8 Å². The number of hydrogen-bond acceptors (Lipinski definition) is 5. The van der Waals surface area contributed by atoms with E-state index in [2.05, 4.69) is 133 Å². The molecule has 5 aromatic rings. The third-order valence-corrected chi connectivity index (χ3v) is 12.9. The van der Waals surface area contributed by atoms with Crippen molar-refractivity contribution >= 4 is 47.9 Å². The fourth-order valence-corrected chi connectivity index (χ4v) is 10.9. The van der Waals surface area contributed by atoms with E-state index in [0.29, 0.717) is 18.2 Å². The van der Waals surface area contributed by atoms with Crippen molar-refractivity contribution < 1.29 is 18.9 Å².